The van der Waals surface area contributed by atoms with Gasteiger partial charge in [0.15, 0.2) is 5.75 Å². The molecule has 1 N–H and O–H groups in total. The van der Waals surface area contributed by atoms with Gasteiger partial charge in [-0.1, -0.05) is 0 Å². The standard InChI is InChI=1S/C14H26N4O/c1-17(2)9-10-18-13(14(19-3)11-16-18)5-4-8-15-12-6-7-12/h11-12,15H,4-10H2,1-3H3. The number of hydrogen-bond donors (Lipinski definition) is 1. The molecule has 0 aliphatic heterocycles. The molecule has 5 heteroatoms. The Morgan fingerprint density at radius 2 is 2.26 bits per heavy atom. The molecule has 0 radical (unpaired) electrons. The average Bonchev–Trinajstić information content (AvgIpc) is 3.12. The van der Waals surface area contributed by atoms with Crippen LogP contribution in [0.3, 0.4) is 0 Å². The van der Waals surface area contributed by atoms with Crippen molar-refractivity contribution in [3.8, 4) is 5.75 Å². The second-order valence-corrected chi connectivity index (χ2v) is 5.52. The first-order valence-electron chi connectivity index (χ1n) is 7.17. The van der Waals surface area contributed by atoms with E-state index in [1.54, 1.807) is 7.11 Å². The van der Waals surface area contributed by atoms with Crippen molar-refractivity contribution in [1.29, 1.82) is 0 Å². The molecule has 1 aliphatic rings. The van der Waals surface area contributed by atoms with Crippen molar-refractivity contribution in [1.82, 2.24) is 20.0 Å². The van der Waals surface area contributed by atoms with Crippen LogP contribution in [0.25, 0.3) is 0 Å². The fourth-order valence-corrected chi connectivity index (χ4v) is 2.15. The molecule has 0 aromatic carbocycles. The molecule has 1 aromatic heterocycles. The van der Waals surface area contributed by atoms with Crippen molar-refractivity contribution in [3.05, 3.63) is 11.9 Å². The van der Waals surface area contributed by atoms with E-state index in [0.29, 0.717) is 0 Å². The number of nitrogens with one attached hydrogen (secondary N) is 1. The van der Waals surface area contributed by atoms with Gasteiger partial charge in [-0.3, -0.25) is 4.68 Å². The Labute approximate surface area is 115 Å². The Morgan fingerprint density at radius 1 is 1.47 bits per heavy atom. The molecule has 0 atom stereocenters. The van der Waals surface area contributed by atoms with Gasteiger partial charge in [-0.05, 0) is 46.3 Å². The van der Waals surface area contributed by atoms with Crippen molar-refractivity contribution < 1.29 is 4.74 Å². The van der Waals surface area contributed by atoms with Crippen LogP contribution in [-0.2, 0) is 13.0 Å². The van der Waals surface area contributed by atoms with Crippen LogP contribution in [0.15, 0.2) is 6.20 Å². The number of ether oxygens (including phenoxy) is 1. The van der Waals surface area contributed by atoms with Gasteiger partial charge < -0.3 is 15.0 Å². The molecule has 1 aliphatic carbocycles. The molecule has 0 unspecified atom stereocenters. The summed E-state index contributed by atoms with van der Waals surface area (Å²) in [5.74, 6) is 0.921. The van der Waals surface area contributed by atoms with Crippen molar-refractivity contribution in [3.63, 3.8) is 0 Å². The lowest BCUT2D eigenvalue weighted by Gasteiger charge is -2.12. The lowest BCUT2D eigenvalue weighted by atomic mass is 10.2. The number of methoxy groups -OCH3 is 1. The summed E-state index contributed by atoms with van der Waals surface area (Å²) < 4.78 is 7.49. The molecular formula is C14H26N4O. The maximum absolute atomic E-state index is 5.41. The highest BCUT2D eigenvalue weighted by molar-refractivity contribution is 5.25. The summed E-state index contributed by atoms with van der Waals surface area (Å²) >= 11 is 0. The van der Waals surface area contributed by atoms with Crippen LogP contribution < -0.4 is 10.1 Å². The predicted octanol–water partition coefficient (Wildman–Crippen LogP) is 1.14. The third-order valence-corrected chi connectivity index (χ3v) is 3.49. The van der Waals surface area contributed by atoms with Gasteiger partial charge in [0.05, 0.1) is 25.5 Å². The fraction of sp³-hybridized carbons (Fsp3) is 0.786. The predicted molar refractivity (Wildman–Crippen MR) is 76.7 cm³/mol. The van der Waals surface area contributed by atoms with Crippen LogP contribution in [0.4, 0.5) is 0 Å². The lowest BCUT2D eigenvalue weighted by Crippen LogP contribution is -2.21. The normalized spacial score (nSPS) is 15.2. The molecule has 1 heterocycles. The summed E-state index contributed by atoms with van der Waals surface area (Å²) in [7, 11) is 5.89. The largest absolute Gasteiger partial charge is 0.493 e. The van der Waals surface area contributed by atoms with Gasteiger partial charge in [-0.15, -0.1) is 0 Å². The monoisotopic (exact) mass is 266 g/mol. The van der Waals surface area contributed by atoms with E-state index in [1.807, 2.05) is 6.20 Å². The second-order valence-electron chi connectivity index (χ2n) is 5.52. The highest BCUT2D eigenvalue weighted by Gasteiger charge is 2.19. The highest BCUT2D eigenvalue weighted by atomic mass is 16.5. The second kappa shape index (κ2) is 6.91. The summed E-state index contributed by atoms with van der Waals surface area (Å²) in [4.78, 5) is 2.17. The van der Waals surface area contributed by atoms with Gasteiger partial charge in [0.2, 0.25) is 0 Å². The molecule has 0 saturated heterocycles. The van der Waals surface area contributed by atoms with E-state index < -0.39 is 0 Å². The maximum atomic E-state index is 5.41. The number of rotatable bonds is 9. The van der Waals surface area contributed by atoms with Gasteiger partial charge in [-0.25, -0.2) is 0 Å². The van der Waals surface area contributed by atoms with E-state index in [4.69, 9.17) is 4.74 Å². The molecule has 19 heavy (non-hydrogen) atoms. The third-order valence-electron chi connectivity index (χ3n) is 3.49. The minimum absolute atomic E-state index is 0.792. The third kappa shape index (κ3) is 4.51. The number of nitrogens with zero attached hydrogens (tertiary/aromatic N) is 3. The van der Waals surface area contributed by atoms with Gasteiger partial charge in [0, 0.05) is 12.6 Å². The van der Waals surface area contributed by atoms with E-state index >= 15 is 0 Å². The molecule has 5 nitrogen and oxygen atoms in total. The van der Waals surface area contributed by atoms with Crippen LogP contribution in [0, 0.1) is 0 Å². The highest BCUT2D eigenvalue weighted by Crippen LogP contribution is 2.20. The molecule has 0 amide bonds. The summed E-state index contributed by atoms with van der Waals surface area (Å²) in [6.45, 7) is 3.01. The Bertz CT molecular complexity index is 385. The van der Waals surface area contributed by atoms with Crippen molar-refractivity contribution in [2.24, 2.45) is 0 Å². The first kappa shape index (κ1) is 14.3. The minimum atomic E-state index is 0.792. The van der Waals surface area contributed by atoms with Crippen LogP contribution >= 0.6 is 0 Å². The molecule has 1 fully saturated rings. The fourth-order valence-electron chi connectivity index (χ4n) is 2.15. The zero-order valence-electron chi connectivity index (χ0n) is 12.4. The first-order valence-corrected chi connectivity index (χ1v) is 7.17. The summed E-state index contributed by atoms with van der Waals surface area (Å²) in [6.07, 6.45) is 6.70. The molecule has 2 rings (SSSR count). The zero-order valence-corrected chi connectivity index (χ0v) is 12.4. The van der Waals surface area contributed by atoms with Crippen LogP contribution in [-0.4, -0.2) is 55.0 Å². The SMILES string of the molecule is COc1cnn(CCN(C)C)c1CCCNC1CC1. The smallest absolute Gasteiger partial charge is 0.159 e. The Morgan fingerprint density at radius 3 is 2.89 bits per heavy atom. The van der Waals surface area contributed by atoms with Gasteiger partial charge >= 0.3 is 0 Å². The quantitative estimate of drug-likeness (QED) is 0.681. The van der Waals surface area contributed by atoms with Crippen molar-refractivity contribution in [2.45, 2.75) is 38.3 Å². The van der Waals surface area contributed by atoms with Crippen molar-refractivity contribution >= 4 is 0 Å². The average molecular weight is 266 g/mol. The molecule has 108 valence electrons. The number of hydrogen-bond acceptors (Lipinski definition) is 4. The minimum Gasteiger partial charge on any atom is -0.493 e. The maximum Gasteiger partial charge on any atom is 0.159 e. The van der Waals surface area contributed by atoms with E-state index in [-0.39, 0.29) is 0 Å². The van der Waals surface area contributed by atoms with Crippen LogP contribution in [0.2, 0.25) is 0 Å². The molecule has 0 spiro atoms. The number of aromatic nitrogens is 2. The molecular weight excluding hydrogens is 240 g/mol. The summed E-state index contributed by atoms with van der Waals surface area (Å²) in [5.41, 5.74) is 1.22. The van der Waals surface area contributed by atoms with E-state index in [0.717, 1.165) is 44.3 Å². The zero-order chi connectivity index (χ0) is 13.7. The Kier molecular flexibility index (Phi) is 5.22. The number of likely N-dealkylation sites (N-methyl/N-ethyl adjacent to an activating group) is 1. The molecule has 0 bridgehead atoms. The van der Waals surface area contributed by atoms with E-state index in [1.165, 1.54) is 18.5 Å². The van der Waals surface area contributed by atoms with Crippen LogP contribution in [0.1, 0.15) is 25.0 Å². The van der Waals surface area contributed by atoms with Gasteiger partial charge in [0.1, 0.15) is 0 Å². The first-order chi connectivity index (χ1) is 9.20. The molecule has 1 aromatic rings. The topological polar surface area (TPSA) is 42.3 Å². The summed E-state index contributed by atoms with van der Waals surface area (Å²) in [5, 5.41) is 7.98. The lowest BCUT2D eigenvalue weighted by molar-refractivity contribution is 0.365. The van der Waals surface area contributed by atoms with E-state index in [9.17, 15) is 0 Å². The van der Waals surface area contributed by atoms with Crippen molar-refractivity contribution in [2.75, 3.05) is 34.3 Å². The Hall–Kier alpha value is -1.07. The van der Waals surface area contributed by atoms with E-state index in [2.05, 4.69) is 34.1 Å². The van der Waals surface area contributed by atoms with Gasteiger partial charge in [0.25, 0.3) is 0 Å². The summed E-state index contributed by atoms with van der Waals surface area (Å²) in [6, 6.07) is 0.792. The van der Waals surface area contributed by atoms with Gasteiger partial charge in [-0.2, -0.15) is 5.10 Å². The van der Waals surface area contributed by atoms with Crippen LogP contribution in [0.5, 0.6) is 5.75 Å². The Balaban J connectivity index is 1.84. The molecule has 1 saturated carbocycles.